The quantitative estimate of drug-likeness (QED) is 0.431. The van der Waals surface area contributed by atoms with Crippen molar-refractivity contribution in [2.75, 3.05) is 18.9 Å². The number of para-hydroxylation sites is 2. The van der Waals surface area contributed by atoms with Crippen LogP contribution in [0.4, 0.5) is 5.69 Å². The van der Waals surface area contributed by atoms with Gasteiger partial charge in [0.15, 0.2) is 5.75 Å². The lowest BCUT2D eigenvalue weighted by atomic mass is 10.1. The van der Waals surface area contributed by atoms with Crippen LogP contribution in [0.5, 0.6) is 11.5 Å². The minimum absolute atomic E-state index is 0.180. The number of nitrogen functional groups attached to an aromatic ring is 1. The standard InChI is InChI=1S/C16H18N2O3/c17-14-9-4-8-13(15(14)19)16(20)18-10-5-11-21-12-6-2-1-3-7-12/h1-4,6-9,19H,5,10-11,17H2,(H,18,20). The topological polar surface area (TPSA) is 84.6 Å². The number of hydrogen-bond acceptors (Lipinski definition) is 4. The Morgan fingerprint density at radius 2 is 1.90 bits per heavy atom. The first-order valence-electron chi connectivity index (χ1n) is 6.72. The van der Waals surface area contributed by atoms with E-state index in [1.54, 1.807) is 12.1 Å². The molecule has 0 aliphatic carbocycles. The van der Waals surface area contributed by atoms with Gasteiger partial charge < -0.3 is 20.9 Å². The second-order valence-corrected chi connectivity index (χ2v) is 4.51. The van der Waals surface area contributed by atoms with Gasteiger partial charge in [-0.2, -0.15) is 0 Å². The van der Waals surface area contributed by atoms with Crippen LogP contribution in [0.25, 0.3) is 0 Å². The Hall–Kier alpha value is -2.69. The average Bonchev–Trinajstić information content (AvgIpc) is 2.50. The van der Waals surface area contributed by atoms with E-state index in [4.69, 9.17) is 10.5 Å². The summed E-state index contributed by atoms with van der Waals surface area (Å²) in [7, 11) is 0. The highest BCUT2D eigenvalue weighted by Crippen LogP contribution is 2.23. The van der Waals surface area contributed by atoms with Crippen LogP contribution in [0.2, 0.25) is 0 Å². The van der Waals surface area contributed by atoms with Crippen molar-refractivity contribution in [2.24, 2.45) is 0 Å². The van der Waals surface area contributed by atoms with Gasteiger partial charge in [-0.05, 0) is 30.7 Å². The van der Waals surface area contributed by atoms with Gasteiger partial charge in [0, 0.05) is 6.54 Å². The van der Waals surface area contributed by atoms with Crippen molar-refractivity contribution in [3.63, 3.8) is 0 Å². The van der Waals surface area contributed by atoms with Crippen molar-refractivity contribution in [1.29, 1.82) is 0 Å². The number of phenolic OH excluding ortho intramolecular Hbond substituents is 1. The van der Waals surface area contributed by atoms with Crippen LogP contribution in [0, 0.1) is 0 Å². The molecule has 0 atom stereocenters. The molecule has 0 saturated carbocycles. The predicted molar refractivity (Wildman–Crippen MR) is 81.4 cm³/mol. The van der Waals surface area contributed by atoms with E-state index in [0.29, 0.717) is 19.6 Å². The molecule has 0 heterocycles. The molecular formula is C16H18N2O3. The largest absolute Gasteiger partial charge is 0.505 e. The van der Waals surface area contributed by atoms with Gasteiger partial charge >= 0.3 is 0 Å². The Morgan fingerprint density at radius 1 is 1.14 bits per heavy atom. The van der Waals surface area contributed by atoms with E-state index in [1.165, 1.54) is 6.07 Å². The first kappa shape index (κ1) is 14.7. The van der Waals surface area contributed by atoms with E-state index >= 15 is 0 Å². The van der Waals surface area contributed by atoms with E-state index < -0.39 is 0 Å². The number of carbonyl (C=O) groups excluding carboxylic acids is 1. The minimum Gasteiger partial charge on any atom is -0.505 e. The molecule has 0 radical (unpaired) electrons. The SMILES string of the molecule is Nc1cccc(C(=O)NCCCOc2ccccc2)c1O. The molecule has 2 aromatic carbocycles. The van der Waals surface area contributed by atoms with Crippen LogP contribution in [0.1, 0.15) is 16.8 Å². The Labute approximate surface area is 123 Å². The third-order valence-corrected chi connectivity index (χ3v) is 2.93. The van der Waals surface area contributed by atoms with Crippen LogP contribution in [0.3, 0.4) is 0 Å². The van der Waals surface area contributed by atoms with E-state index in [2.05, 4.69) is 5.32 Å². The Bertz CT molecular complexity index is 600. The van der Waals surface area contributed by atoms with Gasteiger partial charge in [0.2, 0.25) is 0 Å². The van der Waals surface area contributed by atoms with Gasteiger partial charge in [-0.15, -0.1) is 0 Å². The molecule has 0 unspecified atom stereocenters. The van der Waals surface area contributed by atoms with Gasteiger partial charge in [-0.1, -0.05) is 24.3 Å². The lowest BCUT2D eigenvalue weighted by Gasteiger charge is -2.09. The summed E-state index contributed by atoms with van der Waals surface area (Å²) in [6, 6.07) is 14.2. The summed E-state index contributed by atoms with van der Waals surface area (Å²) in [5, 5.41) is 12.4. The summed E-state index contributed by atoms with van der Waals surface area (Å²) in [5.41, 5.74) is 5.92. The molecule has 0 aliphatic rings. The second kappa shape index (κ2) is 7.19. The van der Waals surface area contributed by atoms with Gasteiger partial charge in [0.05, 0.1) is 17.9 Å². The molecule has 0 saturated heterocycles. The number of anilines is 1. The Balaban J connectivity index is 1.73. The van der Waals surface area contributed by atoms with E-state index in [0.717, 1.165) is 5.75 Å². The molecule has 2 aromatic rings. The number of amides is 1. The number of benzene rings is 2. The number of nitrogens with one attached hydrogen (secondary N) is 1. The van der Waals surface area contributed by atoms with Crippen LogP contribution in [-0.2, 0) is 0 Å². The maximum absolute atomic E-state index is 11.9. The van der Waals surface area contributed by atoms with Gasteiger partial charge in [0.1, 0.15) is 5.75 Å². The molecule has 5 nitrogen and oxygen atoms in total. The molecule has 0 bridgehead atoms. The molecule has 0 fully saturated rings. The molecule has 2 rings (SSSR count). The summed E-state index contributed by atoms with van der Waals surface area (Å²) in [5.74, 6) is 0.271. The molecule has 0 aliphatic heterocycles. The number of carbonyl (C=O) groups is 1. The maximum Gasteiger partial charge on any atom is 0.255 e. The zero-order chi connectivity index (χ0) is 15.1. The van der Waals surface area contributed by atoms with Crippen LogP contribution < -0.4 is 15.8 Å². The zero-order valence-electron chi connectivity index (χ0n) is 11.6. The van der Waals surface area contributed by atoms with Crippen LogP contribution in [0.15, 0.2) is 48.5 Å². The first-order chi connectivity index (χ1) is 10.2. The summed E-state index contributed by atoms with van der Waals surface area (Å²) in [6.07, 6.45) is 0.670. The number of aromatic hydroxyl groups is 1. The van der Waals surface area contributed by atoms with Gasteiger partial charge in [-0.3, -0.25) is 4.79 Å². The summed E-state index contributed by atoms with van der Waals surface area (Å²) in [4.78, 5) is 11.9. The van der Waals surface area contributed by atoms with Crippen molar-refractivity contribution in [3.8, 4) is 11.5 Å². The van der Waals surface area contributed by atoms with Crippen molar-refractivity contribution in [1.82, 2.24) is 5.32 Å². The Kier molecular flexibility index (Phi) is 5.04. The fraction of sp³-hybridized carbons (Fsp3) is 0.188. The monoisotopic (exact) mass is 286 g/mol. The number of ether oxygens (including phenoxy) is 1. The van der Waals surface area contributed by atoms with Crippen LogP contribution >= 0.6 is 0 Å². The number of nitrogens with two attached hydrogens (primary N) is 1. The van der Waals surface area contributed by atoms with Crippen molar-refractivity contribution >= 4 is 11.6 Å². The number of hydrogen-bond donors (Lipinski definition) is 3. The lowest BCUT2D eigenvalue weighted by molar-refractivity contribution is 0.0949. The molecule has 0 spiro atoms. The smallest absolute Gasteiger partial charge is 0.255 e. The van der Waals surface area contributed by atoms with Crippen molar-refractivity contribution in [3.05, 3.63) is 54.1 Å². The van der Waals surface area contributed by atoms with Gasteiger partial charge in [0.25, 0.3) is 5.91 Å². The second-order valence-electron chi connectivity index (χ2n) is 4.51. The minimum atomic E-state index is -0.348. The fourth-order valence-corrected chi connectivity index (χ4v) is 1.82. The molecular weight excluding hydrogens is 268 g/mol. The lowest BCUT2D eigenvalue weighted by Crippen LogP contribution is -2.25. The van der Waals surface area contributed by atoms with Crippen LogP contribution in [-0.4, -0.2) is 24.2 Å². The zero-order valence-corrected chi connectivity index (χ0v) is 11.6. The Morgan fingerprint density at radius 3 is 2.67 bits per heavy atom. The van der Waals surface area contributed by atoms with E-state index in [-0.39, 0.29) is 22.9 Å². The van der Waals surface area contributed by atoms with E-state index in [1.807, 2.05) is 30.3 Å². The third kappa shape index (κ3) is 4.14. The highest BCUT2D eigenvalue weighted by Gasteiger charge is 2.11. The first-order valence-corrected chi connectivity index (χ1v) is 6.72. The summed E-state index contributed by atoms with van der Waals surface area (Å²) >= 11 is 0. The molecule has 0 aromatic heterocycles. The predicted octanol–water partition coefficient (Wildman–Crippen LogP) is 2.17. The van der Waals surface area contributed by atoms with Gasteiger partial charge in [-0.25, -0.2) is 0 Å². The molecule has 5 heteroatoms. The highest BCUT2D eigenvalue weighted by molar-refractivity contribution is 5.98. The molecule has 110 valence electrons. The summed E-state index contributed by atoms with van der Waals surface area (Å²) in [6.45, 7) is 0.965. The van der Waals surface area contributed by atoms with Crippen molar-refractivity contribution < 1.29 is 14.6 Å². The van der Waals surface area contributed by atoms with E-state index in [9.17, 15) is 9.90 Å². The highest BCUT2D eigenvalue weighted by atomic mass is 16.5. The number of rotatable bonds is 6. The average molecular weight is 286 g/mol. The number of phenols is 1. The maximum atomic E-state index is 11.9. The molecule has 1 amide bonds. The molecule has 21 heavy (non-hydrogen) atoms. The van der Waals surface area contributed by atoms with Crippen molar-refractivity contribution in [2.45, 2.75) is 6.42 Å². The fourth-order valence-electron chi connectivity index (χ4n) is 1.82. The summed E-state index contributed by atoms with van der Waals surface area (Å²) < 4.78 is 5.52. The molecule has 4 N–H and O–H groups in total. The normalized spacial score (nSPS) is 10.1. The third-order valence-electron chi connectivity index (χ3n) is 2.93.